The predicted octanol–water partition coefficient (Wildman–Crippen LogP) is 5.14. The van der Waals surface area contributed by atoms with E-state index in [2.05, 4.69) is 37.1 Å². The first kappa shape index (κ1) is 22.1. The SMILES string of the molecule is Cc1cc(Nc2ncnc3cnc(N4CCC(C)C4)nc23)c(F)cc1Oc1ccc2c(c1)ncn2C. The van der Waals surface area contributed by atoms with Crippen LogP contribution >= 0.6 is 0 Å². The maximum atomic E-state index is 15.2. The number of nitrogens with zero attached hydrogens (tertiary/aromatic N) is 7. The fourth-order valence-corrected chi connectivity index (χ4v) is 4.51. The Balaban J connectivity index is 1.29. The lowest BCUT2D eigenvalue weighted by molar-refractivity contribution is 0.474. The minimum Gasteiger partial charge on any atom is -0.457 e. The first-order valence-corrected chi connectivity index (χ1v) is 11.8. The van der Waals surface area contributed by atoms with Crippen LogP contribution in [0.2, 0.25) is 0 Å². The smallest absolute Gasteiger partial charge is 0.226 e. The Bertz CT molecular complexity index is 1600. The number of imidazole rings is 1. The number of anilines is 3. The fraction of sp³-hybridized carbons (Fsp3) is 0.269. The van der Waals surface area contributed by atoms with Crippen LogP contribution in [0.1, 0.15) is 18.9 Å². The molecule has 0 amide bonds. The monoisotopic (exact) mass is 484 g/mol. The van der Waals surface area contributed by atoms with E-state index in [9.17, 15) is 0 Å². The van der Waals surface area contributed by atoms with Gasteiger partial charge in [0.15, 0.2) is 5.82 Å². The molecule has 1 atom stereocenters. The third kappa shape index (κ3) is 4.04. The Morgan fingerprint density at radius 1 is 1.08 bits per heavy atom. The van der Waals surface area contributed by atoms with Gasteiger partial charge < -0.3 is 19.5 Å². The van der Waals surface area contributed by atoms with Crippen LogP contribution in [0.5, 0.6) is 11.5 Å². The van der Waals surface area contributed by atoms with Crippen LogP contribution in [0.15, 0.2) is 49.2 Å². The predicted molar refractivity (Wildman–Crippen MR) is 136 cm³/mol. The van der Waals surface area contributed by atoms with Crippen LogP contribution < -0.4 is 15.0 Å². The third-order valence-corrected chi connectivity index (χ3v) is 6.51. The molecular formula is C26H25FN8O. The van der Waals surface area contributed by atoms with Crippen LogP contribution in [-0.4, -0.2) is 42.6 Å². The second-order valence-corrected chi connectivity index (χ2v) is 9.30. The first-order chi connectivity index (χ1) is 17.4. The number of nitrogens with one attached hydrogen (secondary N) is 1. The summed E-state index contributed by atoms with van der Waals surface area (Å²) in [5, 5.41) is 3.10. The average Bonchev–Trinajstić information content (AvgIpc) is 3.47. The molecule has 0 spiro atoms. The van der Waals surface area contributed by atoms with Gasteiger partial charge in [0.1, 0.15) is 34.7 Å². The molecule has 1 fully saturated rings. The lowest BCUT2D eigenvalue weighted by Crippen LogP contribution is -2.21. The number of halogens is 1. The summed E-state index contributed by atoms with van der Waals surface area (Å²) in [6.45, 7) is 5.90. The van der Waals surface area contributed by atoms with Crippen molar-refractivity contribution >= 4 is 39.5 Å². The summed E-state index contributed by atoms with van der Waals surface area (Å²) >= 11 is 0. The third-order valence-electron chi connectivity index (χ3n) is 6.51. The van der Waals surface area contributed by atoms with E-state index < -0.39 is 5.82 Å². The molecule has 0 aliphatic carbocycles. The molecule has 3 aromatic heterocycles. The van der Waals surface area contributed by atoms with Gasteiger partial charge >= 0.3 is 0 Å². The van der Waals surface area contributed by atoms with E-state index in [0.29, 0.717) is 40.2 Å². The molecule has 9 nitrogen and oxygen atoms in total. The van der Waals surface area contributed by atoms with Gasteiger partial charge in [0.2, 0.25) is 5.95 Å². The van der Waals surface area contributed by atoms with Crippen molar-refractivity contribution in [2.75, 3.05) is 23.3 Å². The average molecular weight is 485 g/mol. The lowest BCUT2D eigenvalue weighted by Gasteiger charge is -2.17. The van der Waals surface area contributed by atoms with Crippen molar-refractivity contribution in [2.45, 2.75) is 20.3 Å². The van der Waals surface area contributed by atoms with Crippen molar-refractivity contribution < 1.29 is 9.13 Å². The minimum absolute atomic E-state index is 0.273. The lowest BCUT2D eigenvalue weighted by atomic mass is 10.2. The number of hydrogen-bond donors (Lipinski definition) is 1. The number of rotatable bonds is 5. The van der Waals surface area contributed by atoms with E-state index in [0.717, 1.165) is 36.1 Å². The van der Waals surface area contributed by atoms with Crippen molar-refractivity contribution in [3.8, 4) is 11.5 Å². The molecule has 0 saturated carbocycles. The van der Waals surface area contributed by atoms with Gasteiger partial charge in [-0.25, -0.2) is 29.3 Å². The zero-order valence-corrected chi connectivity index (χ0v) is 20.2. The van der Waals surface area contributed by atoms with E-state index >= 15 is 4.39 Å². The van der Waals surface area contributed by atoms with E-state index in [1.807, 2.05) is 36.7 Å². The van der Waals surface area contributed by atoms with Crippen LogP contribution in [0.25, 0.3) is 22.1 Å². The van der Waals surface area contributed by atoms with Gasteiger partial charge in [-0.2, -0.15) is 0 Å². The molecule has 1 saturated heterocycles. The molecule has 36 heavy (non-hydrogen) atoms. The van der Waals surface area contributed by atoms with Crippen molar-refractivity contribution in [1.29, 1.82) is 0 Å². The van der Waals surface area contributed by atoms with Gasteiger partial charge in [-0.3, -0.25) is 0 Å². The highest BCUT2D eigenvalue weighted by Crippen LogP contribution is 2.33. The van der Waals surface area contributed by atoms with Crippen LogP contribution in [-0.2, 0) is 7.05 Å². The quantitative estimate of drug-likeness (QED) is 0.367. The van der Waals surface area contributed by atoms with Crippen molar-refractivity contribution in [2.24, 2.45) is 13.0 Å². The highest BCUT2D eigenvalue weighted by molar-refractivity contribution is 5.87. The molecule has 0 bridgehead atoms. The summed E-state index contributed by atoms with van der Waals surface area (Å²) in [6.07, 6.45) is 5.95. The molecule has 1 unspecified atom stereocenters. The van der Waals surface area contributed by atoms with E-state index in [4.69, 9.17) is 9.72 Å². The Labute approximate surface area is 207 Å². The van der Waals surface area contributed by atoms with Gasteiger partial charge in [0.25, 0.3) is 0 Å². The highest BCUT2D eigenvalue weighted by Gasteiger charge is 2.22. The Morgan fingerprint density at radius 2 is 1.97 bits per heavy atom. The van der Waals surface area contributed by atoms with Gasteiger partial charge in [-0.15, -0.1) is 0 Å². The number of hydrogen-bond acceptors (Lipinski definition) is 8. The van der Waals surface area contributed by atoms with Crippen molar-refractivity contribution in [3.63, 3.8) is 0 Å². The van der Waals surface area contributed by atoms with E-state index in [1.165, 1.54) is 12.4 Å². The molecule has 182 valence electrons. The normalized spacial score (nSPS) is 15.7. The van der Waals surface area contributed by atoms with Gasteiger partial charge in [0.05, 0.1) is 29.2 Å². The summed E-state index contributed by atoms with van der Waals surface area (Å²) in [5.41, 5.74) is 3.98. The summed E-state index contributed by atoms with van der Waals surface area (Å²) in [6, 6.07) is 8.68. The molecule has 0 radical (unpaired) electrons. The molecule has 6 rings (SSSR count). The van der Waals surface area contributed by atoms with Gasteiger partial charge in [0, 0.05) is 32.3 Å². The topological polar surface area (TPSA) is 93.9 Å². The van der Waals surface area contributed by atoms with Crippen LogP contribution in [0.4, 0.5) is 21.8 Å². The molecule has 1 aliphatic heterocycles. The van der Waals surface area contributed by atoms with Gasteiger partial charge in [-0.05, 0) is 43.0 Å². The van der Waals surface area contributed by atoms with Crippen LogP contribution in [0.3, 0.4) is 0 Å². The van der Waals surface area contributed by atoms with Crippen LogP contribution in [0, 0.1) is 18.7 Å². The number of aromatic nitrogens is 6. The Hall–Kier alpha value is -4.34. The molecule has 2 aromatic carbocycles. The summed E-state index contributed by atoms with van der Waals surface area (Å²) < 4.78 is 23.1. The molecular weight excluding hydrogens is 459 g/mol. The molecule has 1 N–H and O–H groups in total. The zero-order chi connectivity index (χ0) is 24.8. The standard InChI is InChI=1S/C26H25FN8O/c1-15-6-7-35(12-15)26-28-11-21-24(33-26)25(30-13-29-21)32-19-8-16(2)23(10-18(19)27)36-17-4-5-22-20(9-17)31-14-34(22)3/h4-5,8-11,13-15H,6-7,12H2,1-3H3,(H,29,30,32). The largest absolute Gasteiger partial charge is 0.457 e. The number of fused-ring (bicyclic) bond motifs is 2. The number of aryl methyl sites for hydroxylation is 2. The van der Waals surface area contributed by atoms with E-state index in [1.54, 1.807) is 18.6 Å². The highest BCUT2D eigenvalue weighted by atomic mass is 19.1. The summed E-state index contributed by atoms with van der Waals surface area (Å²) in [4.78, 5) is 24.3. The molecule has 5 aromatic rings. The summed E-state index contributed by atoms with van der Waals surface area (Å²) in [7, 11) is 1.93. The van der Waals surface area contributed by atoms with Crippen molar-refractivity contribution in [3.05, 3.63) is 60.6 Å². The first-order valence-electron chi connectivity index (χ1n) is 11.8. The second-order valence-electron chi connectivity index (χ2n) is 9.30. The minimum atomic E-state index is -0.469. The summed E-state index contributed by atoms with van der Waals surface area (Å²) in [5.74, 6) is 2.19. The Kier molecular flexibility index (Phi) is 5.36. The van der Waals surface area contributed by atoms with E-state index in [-0.39, 0.29) is 5.69 Å². The zero-order valence-electron chi connectivity index (χ0n) is 20.2. The molecule has 10 heteroatoms. The maximum Gasteiger partial charge on any atom is 0.226 e. The molecule has 1 aliphatic rings. The fourth-order valence-electron chi connectivity index (χ4n) is 4.51. The maximum absolute atomic E-state index is 15.2. The second kappa shape index (κ2) is 8.71. The van der Waals surface area contributed by atoms with Crippen molar-refractivity contribution in [1.82, 2.24) is 29.5 Å². The number of ether oxygens (including phenoxy) is 1. The van der Waals surface area contributed by atoms with Gasteiger partial charge in [-0.1, -0.05) is 6.92 Å². The molecule has 4 heterocycles. The number of benzene rings is 2. The Morgan fingerprint density at radius 3 is 2.81 bits per heavy atom.